The van der Waals surface area contributed by atoms with E-state index in [0.717, 1.165) is 35.4 Å². The Hall–Kier alpha value is -1.81. The molecule has 1 aliphatic rings. The van der Waals surface area contributed by atoms with Crippen molar-refractivity contribution >= 4 is 16.6 Å². The van der Waals surface area contributed by atoms with Crippen LogP contribution in [-0.2, 0) is 0 Å². The molecule has 2 aromatic rings. The van der Waals surface area contributed by atoms with Gasteiger partial charge in [-0.15, -0.1) is 0 Å². The van der Waals surface area contributed by atoms with Crippen molar-refractivity contribution in [2.75, 3.05) is 32.1 Å². The van der Waals surface area contributed by atoms with E-state index in [2.05, 4.69) is 34.4 Å². The second kappa shape index (κ2) is 5.05. The zero-order chi connectivity index (χ0) is 13.2. The zero-order valence-electron chi connectivity index (χ0n) is 11.4. The molecule has 100 valence electrons. The van der Waals surface area contributed by atoms with E-state index in [4.69, 9.17) is 4.74 Å². The first-order valence-corrected chi connectivity index (χ1v) is 6.66. The molecule has 0 spiro atoms. The lowest BCUT2D eigenvalue weighted by atomic mass is 10.1. The lowest BCUT2D eigenvalue weighted by Gasteiger charge is -2.25. The van der Waals surface area contributed by atoms with Gasteiger partial charge < -0.3 is 15.0 Å². The number of benzene rings is 1. The van der Waals surface area contributed by atoms with E-state index in [-0.39, 0.29) is 0 Å². The van der Waals surface area contributed by atoms with Gasteiger partial charge in [0, 0.05) is 25.0 Å². The van der Waals surface area contributed by atoms with Crippen LogP contribution >= 0.6 is 0 Å². The summed E-state index contributed by atoms with van der Waals surface area (Å²) in [6.07, 6.45) is 3.12. The van der Waals surface area contributed by atoms with Crippen LogP contribution in [0.2, 0.25) is 0 Å². The molecule has 4 nitrogen and oxygen atoms in total. The van der Waals surface area contributed by atoms with Gasteiger partial charge >= 0.3 is 0 Å². The molecule has 1 N–H and O–H groups in total. The van der Waals surface area contributed by atoms with Crippen molar-refractivity contribution in [1.82, 2.24) is 10.3 Å². The van der Waals surface area contributed by atoms with E-state index in [1.165, 1.54) is 6.42 Å². The van der Waals surface area contributed by atoms with Gasteiger partial charge in [-0.2, -0.15) is 0 Å². The van der Waals surface area contributed by atoms with Gasteiger partial charge in [0.05, 0.1) is 19.0 Å². The van der Waals surface area contributed by atoms with Gasteiger partial charge in [-0.05, 0) is 25.1 Å². The lowest BCUT2D eigenvalue weighted by Crippen LogP contribution is -2.33. The molecule has 0 saturated carbocycles. The Morgan fingerprint density at radius 3 is 3.05 bits per heavy atom. The Balaban J connectivity index is 1.97. The first-order chi connectivity index (χ1) is 9.29. The highest BCUT2D eigenvalue weighted by molar-refractivity contribution is 5.86. The number of methoxy groups -OCH3 is 1. The van der Waals surface area contributed by atoms with Crippen LogP contribution < -0.4 is 15.0 Å². The lowest BCUT2D eigenvalue weighted by molar-refractivity contribution is 0.419. The SMILES string of the molecule is COc1cccc2cc(N(C)[C@H]3CCNC3)cnc12. The topological polar surface area (TPSA) is 37.4 Å². The van der Waals surface area contributed by atoms with Crippen molar-refractivity contribution in [3.8, 4) is 5.75 Å². The number of nitrogens with one attached hydrogen (secondary N) is 1. The maximum atomic E-state index is 5.34. The maximum absolute atomic E-state index is 5.34. The summed E-state index contributed by atoms with van der Waals surface area (Å²) in [5.41, 5.74) is 2.08. The number of para-hydroxylation sites is 1. The van der Waals surface area contributed by atoms with Crippen LogP contribution in [0.4, 0.5) is 5.69 Å². The monoisotopic (exact) mass is 257 g/mol. The molecule has 0 unspecified atom stereocenters. The Morgan fingerprint density at radius 1 is 1.42 bits per heavy atom. The molecule has 1 atom stereocenters. The number of ether oxygens (including phenoxy) is 1. The van der Waals surface area contributed by atoms with Gasteiger partial charge in [0.25, 0.3) is 0 Å². The number of anilines is 1. The molecule has 0 bridgehead atoms. The van der Waals surface area contributed by atoms with Gasteiger partial charge in [-0.25, -0.2) is 0 Å². The summed E-state index contributed by atoms with van der Waals surface area (Å²) in [4.78, 5) is 6.87. The van der Waals surface area contributed by atoms with E-state index in [0.29, 0.717) is 6.04 Å². The molecule has 3 rings (SSSR count). The smallest absolute Gasteiger partial charge is 0.145 e. The van der Waals surface area contributed by atoms with Crippen molar-refractivity contribution in [1.29, 1.82) is 0 Å². The average Bonchev–Trinajstić information content (AvgIpc) is 2.99. The van der Waals surface area contributed by atoms with E-state index < -0.39 is 0 Å². The number of hydrogen-bond donors (Lipinski definition) is 1. The van der Waals surface area contributed by atoms with Crippen molar-refractivity contribution in [2.24, 2.45) is 0 Å². The number of pyridine rings is 1. The summed E-state index contributed by atoms with van der Waals surface area (Å²) < 4.78 is 5.34. The molecule has 0 amide bonds. The van der Waals surface area contributed by atoms with Crippen LogP contribution in [0.1, 0.15) is 6.42 Å². The normalized spacial score (nSPS) is 18.7. The summed E-state index contributed by atoms with van der Waals surface area (Å²) in [7, 11) is 3.82. The van der Waals surface area contributed by atoms with E-state index >= 15 is 0 Å². The van der Waals surface area contributed by atoms with Gasteiger partial charge in [0.2, 0.25) is 0 Å². The quantitative estimate of drug-likeness (QED) is 0.913. The van der Waals surface area contributed by atoms with Crippen molar-refractivity contribution in [3.05, 3.63) is 30.5 Å². The van der Waals surface area contributed by atoms with Crippen molar-refractivity contribution < 1.29 is 4.74 Å². The van der Waals surface area contributed by atoms with Crippen molar-refractivity contribution in [3.63, 3.8) is 0 Å². The van der Waals surface area contributed by atoms with Crippen LogP contribution in [0, 0.1) is 0 Å². The summed E-state index contributed by atoms with van der Waals surface area (Å²) in [6.45, 7) is 2.15. The minimum atomic E-state index is 0.560. The Bertz CT molecular complexity index is 579. The Morgan fingerprint density at radius 2 is 2.32 bits per heavy atom. The maximum Gasteiger partial charge on any atom is 0.145 e. The Kier molecular flexibility index (Phi) is 3.25. The molecule has 1 aromatic carbocycles. The molecular weight excluding hydrogens is 238 g/mol. The van der Waals surface area contributed by atoms with Gasteiger partial charge in [-0.1, -0.05) is 12.1 Å². The molecule has 1 aliphatic heterocycles. The third-order valence-electron chi connectivity index (χ3n) is 3.87. The van der Waals surface area contributed by atoms with E-state index in [1.807, 2.05) is 18.3 Å². The molecule has 4 heteroatoms. The minimum absolute atomic E-state index is 0.560. The number of nitrogens with zero attached hydrogens (tertiary/aromatic N) is 2. The van der Waals surface area contributed by atoms with Gasteiger partial charge in [0.1, 0.15) is 11.3 Å². The molecule has 0 radical (unpaired) electrons. The molecule has 1 saturated heterocycles. The summed E-state index contributed by atoms with van der Waals surface area (Å²) >= 11 is 0. The predicted molar refractivity (Wildman–Crippen MR) is 78.0 cm³/mol. The number of likely N-dealkylation sites (N-methyl/N-ethyl adjacent to an activating group) is 1. The summed E-state index contributed by atoms with van der Waals surface area (Å²) in [5.74, 6) is 0.828. The van der Waals surface area contributed by atoms with Crippen LogP contribution in [0.5, 0.6) is 5.75 Å². The Labute approximate surface area is 113 Å². The van der Waals surface area contributed by atoms with Crippen molar-refractivity contribution in [2.45, 2.75) is 12.5 Å². The van der Waals surface area contributed by atoms with Gasteiger partial charge in [0.15, 0.2) is 0 Å². The van der Waals surface area contributed by atoms with E-state index in [1.54, 1.807) is 7.11 Å². The number of fused-ring (bicyclic) bond motifs is 1. The number of rotatable bonds is 3. The molecule has 2 heterocycles. The average molecular weight is 257 g/mol. The highest BCUT2D eigenvalue weighted by Crippen LogP contribution is 2.27. The highest BCUT2D eigenvalue weighted by Gasteiger charge is 2.19. The fourth-order valence-electron chi connectivity index (χ4n) is 2.66. The molecule has 1 aromatic heterocycles. The third kappa shape index (κ3) is 2.24. The summed E-state index contributed by atoms with van der Waals surface area (Å²) in [6, 6.07) is 8.77. The first-order valence-electron chi connectivity index (χ1n) is 6.66. The van der Waals surface area contributed by atoms with Crippen LogP contribution in [0.3, 0.4) is 0 Å². The predicted octanol–water partition coefficient (Wildman–Crippen LogP) is 2.04. The van der Waals surface area contributed by atoms with E-state index in [9.17, 15) is 0 Å². The fraction of sp³-hybridized carbons (Fsp3) is 0.400. The zero-order valence-corrected chi connectivity index (χ0v) is 11.4. The second-order valence-electron chi connectivity index (χ2n) is 4.98. The highest BCUT2D eigenvalue weighted by atomic mass is 16.5. The minimum Gasteiger partial charge on any atom is -0.494 e. The largest absolute Gasteiger partial charge is 0.494 e. The first kappa shape index (κ1) is 12.2. The van der Waals surface area contributed by atoms with Crippen LogP contribution in [-0.4, -0.2) is 38.3 Å². The molecular formula is C15H19N3O. The summed E-state index contributed by atoms with van der Waals surface area (Å²) in [5, 5.41) is 4.52. The number of aromatic nitrogens is 1. The molecule has 0 aliphatic carbocycles. The third-order valence-corrected chi connectivity index (χ3v) is 3.87. The molecule has 19 heavy (non-hydrogen) atoms. The second-order valence-corrected chi connectivity index (χ2v) is 4.98. The number of hydrogen-bond acceptors (Lipinski definition) is 4. The van der Waals surface area contributed by atoms with Crippen LogP contribution in [0.25, 0.3) is 10.9 Å². The standard InChI is InChI=1S/C15H19N3O/c1-18(12-6-7-16-9-12)13-8-11-4-3-5-14(19-2)15(11)17-10-13/h3-5,8,10,12,16H,6-7,9H2,1-2H3/t12-/m0/s1. The van der Waals surface area contributed by atoms with Gasteiger partial charge in [-0.3, -0.25) is 4.98 Å². The van der Waals surface area contributed by atoms with Crippen LogP contribution in [0.15, 0.2) is 30.5 Å². The molecule has 1 fully saturated rings. The fourth-order valence-corrected chi connectivity index (χ4v) is 2.66.